The molecule has 0 N–H and O–H groups in total. The summed E-state index contributed by atoms with van der Waals surface area (Å²) in [6, 6.07) is 1.94. The maximum atomic E-state index is 5.46. The van der Waals surface area contributed by atoms with Crippen molar-refractivity contribution >= 4 is 13.3 Å². The Morgan fingerprint density at radius 2 is 2.25 bits per heavy atom. The quantitative estimate of drug-likeness (QED) is 0.413. The van der Waals surface area contributed by atoms with Crippen molar-refractivity contribution in [3.8, 4) is 0 Å². The summed E-state index contributed by atoms with van der Waals surface area (Å²) >= 11 is 0. The fraction of sp³-hybridized carbons (Fsp3) is 0.333. The number of hydrogen-bond donors (Lipinski definition) is 0. The molecule has 8 heavy (non-hydrogen) atoms. The number of nitrogens with zero attached hydrogens (tertiary/aromatic N) is 1. The molecule has 0 unspecified atom stereocenters. The molecule has 1 aromatic heterocycles. The molecule has 0 saturated heterocycles. The summed E-state index contributed by atoms with van der Waals surface area (Å²) in [4.78, 5) is 0. The Kier molecular flexibility index (Phi) is 1.16. The highest BCUT2D eigenvalue weighted by atomic mass is 14.9. The van der Waals surface area contributed by atoms with Crippen molar-refractivity contribution in [3.63, 3.8) is 0 Å². The molecule has 1 nitrogen and oxygen atoms in total. The molecule has 0 aliphatic heterocycles. The summed E-state index contributed by atoms with van der Waals surface area (Å²) in [7, 11) is 7.44. The first-order chi connectivity index (χ1) is 3.70. The second-order valence-electron chi connectivity index (χ2n) is 2.03. The minimum atomic E-state index is 0.838. The van der Waals surface area contributed by atoms with Crippen molar-refractivity contribution in [1.29, 1.82) is 0 Å². The minimum absolute atomic E-state index is 0.838. The van der Waals surface area contributed by atoms with Crippen LogP contribution in [0.2, 0.25) is 0 Å². The van der Waals surface area contributed by atoms with Crippen LogP contribution in [0.15, 0.2) is 12.3 Å². The Hall–Kier alpha value is -0.655. The second-order valence-corrected chi connectivity index (χ2v) is 2.03. The molecule has 0 atom stereocenters. The van der Waals surface area contributed by atoms with Crippen LogP contribution in [0, 0.1) is 6.92 Å². The van der Waals surface area contributed by atoms with E-state index in [4.69, 9.17) is 7.85 Å². The number of aryl methyl sites for hydroxylation is 2. The fourth-order valence-electron chi connectivity index (χ4n) is 0.706. The van der Waals surface area contributed by atoms with Crippen molar-refractivity contribution in [1.82, 2.24) is 4.57 Å². The molecule has 0 amide bonds. The van der Waals surface area contributed by atoms with Gasteiger partial charge in [0, 0.05) is 12.7 Å². The minimum Gasteiger partial charge on any atom is -0.355 e. The average molecular weight is 105 g/mol. The van der Waals surface area contributed by atoms with Gasteiger partial charge in [0.15, 0.2) is 0 Å². The summed E-state index contributed by atoms with van der Waals surface area (Å²) in [5.41, 5.74) is 2.03. The highest BCUT2D eigenvalue weighted by Gasteiger charge is 1.89. The Balaban J connectivity index is 3.14. The van der Waals surface area contributed by atoms with Gasteiger partial charge >= 0.3 is 0 Å². The Morgan fingerprint density at radius 1 is 1.62 bits per heavy atom. The van der Waals surface area contributed by atoms with Crippen LogP contribution in [-0.4, -0.2) is 12.4 Å². The zero-order chi connectivity index (χ0) is 6.15. The fourth-order valence-corrected chi connectivity index (χ4v) is 0.706. The van der Waals surface area contributed by atoms with Crippen LogP contribution in [0.5, 0.6) is 0 Å². The molecule has 0 aliphatic carbocycles. The lowest BCUT2D eigenvalue weighted by atomic mass is 10.0. The first-order valence-corrected chi connectivity index (χ1v) is 2.58. The van der Waals surface area contributed by atoms with E-state index in [0.717, 1.165) is 5.46 Å². The lowest BCUT2D eigenvalue weighted by molar-refractivity contribution is 0.883. The van der Waals surface area contributed by atoms with Gasteiger partial charge in [-0.3, -0.25) is 0 Å². The highest BCUT2D eigenvalue weighted by molar-refractivity contribution is 6.32. The largest absolute Gasteiger partial charge is 0.355 e. The first kappa shape index (κ1) is 5.48. The third-order valence-corrected chi connectivity index (χ3v) is 1.27. The lowest BCUT2D eigenvalue weighted by Crippen LogP contribution is -1.95. The van der Waals surface area contributed by atoms with E-state index in [9.17, 15) is 0 Å². The van der Waals surface area contributed by atoms with Crippen molar-refractivity contribution in [2.24, 2.45) is 7.05 Å². The van der Waals surface area contributed by atoms with Crippen LogP contribution >= 0.6 is 0 Å². The summed E-state index contributed by atoms with van der Waals surface area (Å²) in [5, 5.41) is 0. The SMILES string of the molecule is [B]c1cc(C)n(C)c1. The predicted molar refractivity (Wildman–Crippen MR) is 35.5 cm³/mol. The summed E-state index contributed by atoms with van der Waals surface area (Å²) in [6.45, 7) is 2.02. The summed E-state index contributed by atoms with van der Waals surface area (Å²) < 4.78 is 2.00. The second kappa shape index (κ2) is 1.69. The molecular formula is C6H8BN. The smallest absolute Gasteiger partial charge is 0.115 e. The monoisotopic (exact) mass is 105 g/mol. The first-order valence-electron chi connectivity index (χ1n) is 2.58. The molecule has 1 aromatic rings. The topological polar surface area (TPSA) is 4.93 Å². The van der Waals surface area contributed by atoms with Gasteiger partial charge in [-0.25, -0.2) is 0 Å². The van der Waals surface area contributed by atoms with Crippen LogP contribution in [0.1, 0.15) is 5.69 Å². The zero-order valence-electron chi connectivity index (χ0n) is 5.18. The average Bonchev–Trinajstić information content (AvgIpc) is 1.85. The molecule has 0 spiro atoms. The Bertz CT molecular complexity index is 171. The Morgan fingerprint density at radius 3 is 2.38 bits per heavy atom. The standard InChI is InChI=1S/C6H8BN/c1-5-3-6(7)4-8(5)2/h3-4H,1-2H3. The van der Waals surface area contributed by atoms with E-state index in [2.05, 4.69) is 0 Å². The van der Waals surface area contributed by atoms with E-state index in [0.29, 0.717) is 0 Å². The third kappa shape index (κ3) is 0.784. The predicted octanol–water partition coefficient (Wildman–Crippen LogP) is 0.127. The zero-order valence-corrected chi connectivity index (χ0v) is 5.18. The van der Waals surface area contributed by atoms with Gasteiger partial charge in [0.25, 0.3) is 0 Å². The van der Waals surface area contributed by atoms with Gasteiger partial charge in [0.2, 0.25) is 0 Å². The van der Waals surface area contributed by atoms with E-state index >= 15 is 0 Å². The maximum Gasteiger partial charge on any atom is 0.115 e. The van der Waals surface area contributed by atoms with Crippen LogP contribution in [0.3, 0.4) is 0 Å². The van der Waals surface area contributed by atoms with Crippen LogP contribution in [-0.2, 0) is 7.05 Å². The van der Waals surface area contributed by atoms with Gasteiger partial charge in [0.1, 0.15) is 7.85 Å². The number of rotatable bonds is 0. The molecule has 0 fully saturated rings. The lowest BCUT2D eigenvalue weighted by Gasteiger charge is -1.90. The van der Waals surface area contributed by atoms with E-state index in [1.807, 2.05) is 30.8 Å². The molecule has 1 rings (SSSR count). The van der Waals surface area contributed by atoms with Gasteiger partial charge < -0.3 is 4.57 Å². The summed E-state index contributed by atoms with van der Waals surface area (Å²) in [5.74, 6) is 0. The molecule has 40 valence electrons. The third-order valence-electron chi connectivity index (χ3n) is 1.27. The number of aromatic nitrogens is 1. The maximum absolute atomic E-state index is 5.46. The van der Waals surface area contributed by atoms with Gasteiger partial charge in [-0.2, -0.15) is 0 Å². The van der Waals surface area contributed by atoms with Gasteiger partial charge in [-0.15, -0.1) is 0 Å². The van der Waals surface area contributed by atoms with Gasteiger partial charge in [-0.05, 0) is 19.2 Å². The Labute approximate surface area is 50.7 Å². The van der Waals surface area contributed by atoms with Crippen LogP contribution < -0.4 is 5.46 Å². The molecule has 0 aliphatic rings. The van der Waals surface area contributed by atoms with Crippen LogP contribution in [0.4, 0.5) is 0 Å². The molecule has 1 heterocycles. The van der Waals surface area contributed by atoms with Crippen LogP contribution in [0.25, 0.3) is 0 Å². The molecule has 0 bridgehead atoms. The van der Waals surface area contributed by atoms with E-state index in [1.165, 1.54) is 5.69 Å². The number of hydrogen-bond acceptors (Lipinski definition) is 0. The van der Waals surface area contributed by atoms with Gasteiger partial charge in [-0.1, -0.05) is 5.46 Å². The molecule has 0 saturated carbocycles. The van der Waals surface area contributed by atoms with Crippen molar-refractivity contribution in [2.75, 3.05) is 0 Å². The van der Waals surface area contributed by atoms with E-state index in [1.54, 1.807) is 0 Å². The highest BCUT2D eigenvalue weighted by Crippen LogP contribution is 1.90. The van der Waals surface area contributed by atoms with E-state index in [-0.39, 0.29) is 0 Å². The van der Waals surface area contributed by atoms with E-state index < -0.39 is 0 Å². The molecule has 0 aromatic carbocycles. The summed E-state index contributed by atoms with van der Waals surface area (Å²) in [6.07, 6.45) is 1.90. The van der Waals surface area contributed by atoms with Crippen molar-refractivity contribution in [2.45, 2.75) is 6.92 Å². The molecule has 2 heteroatoms. The molecular weight excluding hydrogens is 96.9 g/mol. The van der Waals surface area contributed by atoms with Crippen molar-refractivity contribution < 1.29 is 0 Å². The van der Waals surface area contributed by atoms with Crippen molar-refractivity contribution in [3.05, 3.63) is 18.0 Å². The normalized spacial score (nSPS) is 9.75. The molecule has 2 radical (unpaired) electrons. The van der Waals surface area contributed by atoms with Gasteiger partial charge in [0.05, 0.1) is 0 Å².